The zero-order chi connectivity index (χ0) is 21.6. The highest BCUT2D eigenvalue weighted by Gasteiger charge is 2.40. The number of fused-ring (bicyclic) bond motifs is 3. The second-order valence-electron chi connectivity index (χ2n) is 9.16. The SMILES string of the molecule is COc1ccc2c(c1)[C@@H]1C=C(c3ccccc3)NN1[C@@H](c1ccc(C(C)(C)C)cc1)O2. The molecule has 2 heterocycles. The molecule has 2 atom stereocenters. The minimum Gasteiger partial charge on any atom is -0.497 e. The largest absolute Gasteiger partial charge is 0.497 e. The van der Waals surface area contributed by atoms with Crippen molar-refractivity contribution >= 4 is 5.70 Å². The molecule has 0 aliphatic carbocycles. The second kappa shape index (κ2) is 7.47. The fourth-order valence-corrected chi connectivity index (χ4v) is 4.25. The molecule has 4 heteroatoms. The molecule has 5 rings (SSSR count). The first-order chi connectivity index (χ1) is 14.9. The number of hydrogen-bond acceptors (Lipinski definition) is 4. The Balaban J connectivity index is 1.56. The lowest BCUT2D eigenvalue weighted by molar-refractivity contribution is -0.0327. The first-order valence-electron chi connectivity index (χ1n) is 10.7. The molecule has 1 N–H and O–H groups in total. The number of nitrogens with one attached hydrogen (secondary N) is 1. The van der Waals surface area contributed by atoms with E-state index in [-0.39, 0.29) is 17.7 Å². The number of benzene rings is 3. The first kappa shape index (κ1) is 19.7. The van der Waals surface area contributed by atoms with Gasteiger partial charge < -0.3 is 14.9 Å². The summed E-state index contributed by atoms with van der Waals surface area (Å²) in [6.45, 7) is 6.70. The third-order valence-electron chi connectivity index (χ3n) is 6.05. The van der Waals surface area contributed by atoms with Crippen LogP contribution in [0.25, 0.3) is 5.70 Å². The van der Waals surface area contributed by atoms with Crippen LogP contribution in [0.5, 0.6) is 11.5 Å². The smallest absolute Gasteiger partial charge is 0.195 e. The van der Waals surface area contributed by atoms with E-state index in [1.807, 2.05) is 18.2 Å². The van der Waals surface area contributed by atoms with Gasteiger partial charge in [-0.15, -0.1) is 0 Å². The molecule has 3 aromatic rings. The van der Waals surface area contributed by atoms with Crippen LogP contribution in [-0.4, -0.2) is 12.1 Å². The molecule has 4 nitrogen and oxygen atoms in total. The van der Waals surface area contributed by atoms with Gasteiger partial charge in [0.25, 0.3) is 0 Å². The summed E-state index contributed by atoms with van der Waals surface area (Å²) in [4.78, 5) is 0. The quantitative estimate of drug-likeness (QED) is 0.573. The number of nitrogens with zero attached hydrogens (tertiary/aromatic N) is 1. The Bertz CT molecular complexity index is 1110. The summed E-state index contributed by atoms with van der Waals surface area (Å²) in [5.41, 5.74) is 9.50. The van der Waals surface area contributed by atoms with Crippen LogP contribution in [0.15, 0.2) is 78.9 Å². The molecule has 0 aromatic heterocycles. The molecule has 2 aliphatic heterocycles. The van der Waals surface area contributed by atoms with Gasteiger partial charge >= 0.3 is 0 Å². The Hall–Kier alpha value is -3.24. The van der Waals surface area contributed by atoms with Gasteiger partial charge in [0.2, 0.25) is 0 Å². The Morgan fingerprint density at radius 2 is 1.68 bits per heavy atom. The van der Waals surface area contributed by atoms with Crippen molar-refractivity contribution in [1.29, 1.82) is 0 Å². The van der Waals surface area contributed by atoms with Crippen LogP contribution >= 0.6 is 0 Å². The van der Waals surface area contributed by atoms with Gasteiger partial charge in [0.05, 0.1) is 18.8 Å². The van der Waals surface area contributed by atoms with Crippen LogP contribution in [0.2, 0.25) is 0 Å². The van der Waals surface area contributed by atoms with Crippen molar-refractivity contribution in [3.63, 3.8) is 0 Å². The summed E-state index contributed by atoms with van der Waals surface area (Å²) in [5, 5.41) is 2.19. The molecule has 3 aromatic carbocycles. The molecule has 0 amide bonds. The van der Waals surface area contributed by atoms with E-state index in [1.165, 1.54) is 5.56 Å². The van der Waals surface area contributed by atoms with E-state index in [2.05, 4.69) is 91.9 Å². The predicted octanol–water partition coefficient (Wildman–Crippen LogP) is 5.99. The lowest BCUT2D eigenvalue weighted by atomic mass is 9.86. The topological polar surface area (TPSA) is 33.7 Å². The Labute approximate surface area is 184 Å². The van der Waals surface area contributed by atoms with Gasteiger partial charge in [-0.3, -0.25) is 0 Å². The highest BCUT2D eigenvalue weighted by atomic mass is 16.5. The normalized spacial score (nSPS) is 20.2. The van der Waals surface area contributed by atoms with Crippen molar-refractivity contribution in [2.24, 2.45) is 0 Å². The minimum absolute atomic E-state index is 0.0429. The summed E-state index contributed by atoms with van der Waals surface area (Å²) < 4.78 is 12.0. The number of ether oxygens (including phenoxy) is 2. The summed E-state index contributed by atoms with van der Waals surface area (Å²) in [6.07, 6.45) is 2.03. The third kappa shape index (κ3) is 3.57. The number of hydrazine groups is 1. The zero-order valence-electron chi connectivity index (χ0n) is 18.4. The monoisotopic (exact) mass is 412 g/mol. The van der Waals surface area contributed by atoms with E-state index >= 15 is 0 Å². The molecule has 0 spiro atoms. The van der Waals surface area contributed by atoms with Crippen LogP contribution in [0.1, 0.15) is 55.3 Å². The molecule has 0 saturated heterocycles. The maximum Gasteiger partial charge on any atom is 0.195 e. The van der Waals surface area contributed by atoms with Gasteiger partial charge in [-0.2, -0.15) is 5.01 Å². The van der Waals surface area contributed by atoms with Crippen molar-refractivity contribution in [3.05, 3.63) is 101 Å². The Kier molecular flexibility index (Phi) is 4.75. The van der Waals surface area contributed by atoms with Gasteiger partial charge in [0.1, 0.15) is 11.5 Å². The van der Waals surface area contributed by atoms with E-state index < -0.39 is 0 Å². The van der Waals surface area contributed by atoms with Crippen molar-refractivity contribution < 1.29 is 9.47 Å². The summed E-state index contributed by atoms with van der Waals surface area (Å²) >= 11 is 0. The number of hydrogen-bond donors (Lipinski definition) is 1. The van der Waals surface area contributed by atoms with Gasteiger partial charge in [-0.1, -0.05) is 75.4 Å². The average Bonchev–Trinajstić information content (AvgIpc) is 3.24. The Morgan fingerprint density at radius 1 is 0.935 bits per heavy atom. The second-order valence-corrected chi connectivity index (χ2v) is 9.16. The highest BCUT2D eigenvalue weighted by Crippen LogP contribution is 2.47. The summed E-state index contributed by atoms with van der Waals surface area (Å²) in [5.74, 6) is 1.72. The predicted molar refractivity (Wildman–Crippen MR) is 124 cm³/mol. The molecule has 0 fully saturated rings. The van der Waals surface area contributed by atoms with Gasteiger partial charge in [-0.05, 0) is 40.8 Å². The van der Waals surface area contributed by atoms with Gasteiger partial charge in [0.15, 0.2) is 6.23 Å². The fraction of sp³-hybridized carbons (Fsp3) is 0.259. The van der Waals surface area contributed by atoms with Crippen LogP contribution in [0.4, 0.5) is 0 Å². The molecule has 0 saturated carbocycles. The molecular weight excluding hydrogens is 384 g/mol. The van der Waals surface area contributed by atoms with Crippen molar-refractivity contribution in [2.45, 2.75) is 38.5 Å². The summed E-state index contributed by atoms with van der Waals surface area (Å²) in [6, 6.07) is 25.3. The molecular formula is C27H28N2O2. The molecule has 0 bridgehead atoms. The summed E-state index contributed by atoms with van der Waals surface area (Å²) in [7, 11) is 1.70. The zero-order valence-corrected chi connectivity index (χ0v) is 18.4. The third-order valence-corrected chi connectivity index (χ3v) is 6.05. The van der Waals surface area contributed by atoms with Crippen LogP contribution in [0, 0.1) is 0 Å². The average molecular weight is 413 g/mol. The van der Waals surface area contributed by atoms with Gasteiger partial charge in [-0.25, -0.2) is 0 Å². The number of methoxy groups -OCH3 is 1. The maximum absolute atomic E-state index is 6.52. The van der Waals surface area contributed by atoms with E-state index in [0.29, 0.717) is 0 Å². The fourth-order valence-electron chi connectivity index (χ4n) is 4.25. The lowest BCUT2D eigenvalue weighted by Crippen LogP contribution is -2.43. The molecule has 0 unspecified atom stereocenters. The molecule has 2 aliphatic rings. The first-order valence-corrected chi connectivity index (χ1v) is 10.7. The Morgan fingerprint density at radius 3 is 2.35 bits per heavy atom. The lowest BCUT2D eigenvalue weighted by Gasteiger charge is -2.39. The van der Waals surface area contributed by atoms with Crippen LogP contribution in [-0.2, 0) is 5.41 Å². The van der Waals surface area contributed by atoms with Crippen LogP contribution in [0.3, 0.4) is 0 Å². The van der Waals surface area contributed by atoms with Crippen molar-refractivity contribution in [1.82, 2.24) is 10.4 Å². The van der Waals surface area contributed by atoms with E-state index in [4.69, 9.17) is 9.47 Å². The van der Waals surface area contributed by atoms with E-state index in [9.17, 15) is 0 Å². The van der Waals surface area contributed by atoms with Crippen molar-refractivity contribution in [3.8, 4) is 11.5 Å². The van der Waals surface area contributed by atoms with E-state index in [0.717, 1.165) is 33.9 Å². The van der Waals surface area contributed by atoms with Gasteiger partial charge in [0, 0.05) is 11.1 Å². The molecule has 0 radical (unpaired) electrons. The standard InChI is InChI=1S/C27H28N2O2/c1-27(2,3)20-12-10-19(11-13-20)26-29-24(17-23(28-29)18-8-6-5-7-9-18)22-16-21(30-4)14-15-25(22)31-26/h5-17,24,26,28H,1-4H3/t24-,26+/m0/s1. The minimum atomic E-state index is -0.239. The van der Waals surface area contributed by atoms with Crippen LogP contribution < -0.4 is 14.9 Å². The molecule has 31 heavy (non-hydrogen) atoms. The van der Waals surface area contributed by atoms with E-state index in [1.54, 1.807) is 7.11 Å². The number of rotatable bonds is 3. The highest BCUT2D eigenvalue weighted by molar-refractivity contribution is 5.67. The maximum atomic E-state index is 6.52. The van der Waals surface area contributed by atoms with Crippen molar-refractivity contribution in [2.75, 3.05) is 7.11 Å². The molecule has 158 valence electrons.